The van der Waals surface area contributed by atoms with Gasteiger partial charge in [-0.3, -0.25) is 9.09 Å². The van der Waals surface area contributed by atoms with Gasteiger partial charge in [-0.15, -0.1) is 13.2 Å². The summed E-state index contributed by atoms with van der Waals surface area (Å²) in [7, 11) is -8.04. The average Bonchev–Trinajstić information content (AvgIpc) is 1.98. The van der Waals surface area contributed by atoms with Crippen molar-refractivity contribution in [3.05, 3.63) is 25.3 Å². The Kier molecular flexibility index (Phi) is 9.10. The minimum Gasteiger partial charge on any atom is -0.324 e. The van der Waals surface area contributed by atoms with Gasteiger partial charge in [0.25, 0.3) is 0 Å². The van der Waals surface area contributed by atoms with Gasteiger partial charge in [0.15, 0.2) is 0 Å². The second-order valence-corrected chi connectivity index (χ2v) is 5.14. The molecule has 0 bridgehead atoms. The zero-order chi connectivity index (χ0) is 12.5. The van der Waals surface area contributed by atoms with E-state index in [0.717, 1.165) is 0 Å². The minimum absolute atomic E-state index is 0.121. The van der Waals surface area contributed by atoms with Crippen molar-refractivity contribution in [3.63, 3.8) is 0 Å². The lowest BCUT2D eigenvalue weighted by molar-refractivity contribution is 0.216. The van der Waals surface area contributed by atoms with Crippen molar-refractivity contribution in [2.75, 3.05) is 12.8 Å². The van der Waals surface area contributed by atoms with Gasteiger partial charge in [-0.1, -0.05) is 12.2 Å². The van der Waals surface area contributed by atoms with Crippen LogP contribution in [0.15, 0.2) is 25.3 Å². The molecule has 7 nitrogen and oxygen atoms in total. The molecule has 0 saturated heterocycles. The van der Waals surface area contributed by atoms with Crippen LogP contribution in [0.4, 0.5) is 0 Å². The lowest BCUT2D eigenvalue weighted by Gasteiger charge is -1.98. The Balaban J connectivity index is 0. The van der Waals surface area contributed by atoms with E-state index < -0.39 is 15.4 Å². The first-order chi connectivity index (χ1) is 6.62. The second kappa shape index (κ2) is 7.96. The molecular weight excluding hydrogens is 246 g/mol. The Labute approximate surface area is 87.5 Å². The molecule has 0 radical (unpaired) electrons. The summed E-state index contributed by atoms with van der Waals surface area (Å²) in [4.78, 5) is 32.1. The topological polar surface area (TPSA) is 124 Å². The molecule has 0 aliphatic heterocycles. The van der Waals surface area contributed by atoms with Gasteiger partial charge in [0.05, 0.1) is 12.8 Å². The first-order valence-corrected chi connectivity index (χ1v) is 6.91. The molecule has 0 spiro atoms. The first-order valence-electron chi connectivity index (χ1n) is 3.59. The van der Waals surface area contributed by atoms with E-state index in [1.807, 2.05) is 0 Å². The minimum atomic E-state index is -4.25. The molecule has 0 rings (SSSR count). The summed E-state index contributed by atoms with van der Waals surface area (Å²) in [6.45, 7) is 6.23. The van der Waals surface area contributed by atoms with Gasteiger partial charge in [-0.25, -0.2) is 4.57 Å². The third-order valence-corrected chi connectivity index (χ3v) is 1.95. The zero-order valence-corrected chi connectivity index (χ0v) is 9.68. The van der Waals surface area contributed by atoms with Gasteiger partial charge in [-0.2, -0.15) is 0 Å². The molecule has 0 saturated carbocycles. The van der Waals surface area contributed by atoms with Crippen molar-refractivity contribution < 1.29 is 33.2 Å². The molecule has 90 valence electrons. The number of phosphoric acid groups is 1. The molecular formula is C6H14O7P2. The highest BCUT2D eigenvalue weighted by atomic mass is 31.2. The summed E-state index contributed by atoms with van der Waals surface area (Å²) < 4.78 is 23.6. The summed E-state index contributed by atoms with van der Waals surface area (Å²) in [5, 5.41) is 0. The molecule has 0 fully saturated rings. The van der Waals surface area contributed by atoms with Gasteiger partial charge in [0, 0.05) is 0 Å². The SMILES string of the molecule is C=CCOP(=O)(O)O.C=CCP(=O)(O)O. The molecule has 0 heterocycles. The smallest absolute Gasteiger partial charge is 0.324 e. The predicted octanol–water partition coefficient (Wildman–Crippen LogP) is 0.632. The monoisotopic (exact) mass is 260 g/mol. The van der Waals surface area contributed by atoms with Crippen LogP contribution in [0.2, 0.25) is 0 Å². The third kappa shape index (κ3) is 24.8. The Morgan fingerprint density at radius 1 is 1.07 bits per heavy atom. The van der Waals surface area contributed by atoms with Crippen LogP contribution in [-0.2, 0) is 13.7 Å². The Morgan fingerprint density at radius 2 is 1.53 bits per heavy atom. The fraction of sp³-hybridized carbons (Fsp3) is 0.333. The van der Waals surface area contributed by atoms with Crippen LogP contribution in [0, 0.1) is 0 Å². The molecule has 0 aromatic rings. The average molecular weight is 260 g/mol. The van der Waals surface area contributed by atoms with Crippen LogP contribution in [0.3, 0.4) is 0 Å². The Hall–Kier alpha value is -0.260. The van der Waals surface area contributed by atoms with Crippen molar-refractivity contribution in [2.45, 2.75) is 0 Å². The highest BCUT2D eigenvalue weighted by molar-refractivity contribution is 7.51. The lowest BCUT2D eigenvalue weighted by Crippen LogP contribution is -1.86. The van der Waals surface area contributed by atoms with E-state index in [0.29, 0.717) is 0 Å². The Bertz CT molecular complexity index is 275. The molecule has 15 heavy (non-hydrogen) atoms. The predicted molar refractivity (Wildman–Crippen MR) is 55.3 cm³/mol. The van der Waals surface area contributed by atoms with Crippen molar-refractivity contribution in [3.8, 4) is 0 Å². The van der Waals surface area contributed by atoms with Crippen LogP contribution in [0.25, 0.3) is 0 Å². The molecule has 0 atom stereocenters. The number of hydrogen-bond donors (Lipinski definition) is 4. The summed E-state index contributed by atoms with van der Waals surface area (Å²) in [5.74, 6) is 0. The normalized spacial score (nSPS) is 11.2. The van der Waals surface area contributed by atoms with Crippen LogP contribution in [0.5, 0.6) is 0 Å². The maximum absolute atomic E-state index is 9.85. The summed E-state index contributed by atoms with van der Waals surface area (Å²) in [6, 6.07) is 0. The Morgan fingerprint density at radius 3 is 1.60 bits per heavy atom. The molecule has 0 aromatic carbocycles. The van der Waals surface area contributed by atoms with Crippen LogP contribution in [-0.4, -0.2) is 32.3 Å². The molecule has 0 unspecified atom stereocenters. The molecule has 9 heteroatoms. The van der Waals surface area contributed by atoms with E-state index in [2.05, 4.69) is 17.7 Å². The van der Waals surface area contributed by atoms with Crippen molar-refractivity contribution in [1.29, 1.82) is 0 Å². The summed E-state index contributed by atoms with van der Waals surface area (Å²) >= 11 is 0. The van der Waals surface area contributed by atoms with Crippen molar-refractivity contribution >= 4 is 15.4 Å². The van der Waals surface area contributed by atoms with E-state index >= 15 is 0 Å². The van der Waals surface area contributed by atoms with Crippen LogP contribution >= 0.6 is 15.4 Å². The van der Waals surface area contributed by atoms with E-state index in [1.54, 1.807) is 0 Å². The van der Waals surface area contributed by atoms with Crippen LogP contribution < -0.4 is 0 Å². The first kappa shape index (κ1) is 17.1. The molecule has 4 N–H and O–H groups in total. The van der Waals surface area contributed by atoms with E-state index in [1.165, 1.54) is 12.2 Å². The highest BCUT2D eigenvalue weighted by Gasteiger charge is 2.10. The van der Waals surface area contributed by atoms with E-state index in [9.17, 15) is 9.13 Å². The van der Waals surface area contributed by atoms with E-state index in [-0.39, 0.29) is 12.8 Å². The van der Waals surface area contributed by atoms with Crippen molar-refractivity contribution in [1.82, 2.24) is 0 Å². The fourth-order valence-electron chi connectivity index (χ4n) is 0.318. The summed E-state index contributed by atoms with van der Waals surface area (Å²) in [5.41, 5.74) is 0. The molecule has 0 amide bonds. The van der Waals surface area contributed by atoms with Gasteiger partial charge in [0.1, 0.15) is 0 Å². The second-order valence-electron chi connectivity index (χ2n) is 2.21. The van der Waals surface area contributed by atoms with Gasteiger partial charge in [0.2, 0.25) is 0 Å². The van der Waals surface area contributed by atoms with Gasteiger partial charge >= 0.3 is 15.4 Å². The molecule has 0 aromatic heterocycles. The number of rotatable bonds is 5. The van der Waals surface area contributed by atoms with Gasteiger partial charge in [-0.05, 0) is 0 Å². The standard InChI is InChI=1S/C3H7O4P.C3H7O3P/c1-2-3-7-8(4,5)6;1-2-3-7(4,5)6/h2H,1,3H2,(H2,4,5,6);2H,1,3H2,(H2,4,5,6). The van der Waals surface area contributed by atoms with E-state index in [4.69, 9.17) is 19.6 Å². The summed E-state index contributed by atoms with van der Waals surface area (Å²) in [6.07, 6.45) is 2.23. The van der Waals surface area contributed by atoms with Gasteiger partial charge < -0.3 is 19.6 Å². The number of hydrogen-bond acceptors (Lipinski definition) is 3. The number of allylic oxidation sites excluding steroid dienone is 1. The van der Waals surface area contributed by atoms with Crippen molar-refractivity contribution in [2.24, 2.45) is 0 Å². The molecule has 0 aliphatic carbocycles. The highest BCUT2D eigenvalue weighted by Crippen LogP contribution is 2.35. The fourth-order valence-corrected chi connectivity index (χ4v) is 0.954. The van der Waals surface area contributed by atoms with Crippen LogP contribution in [0.1, 0.15) is 0 Å². The zero-order valence-electron chi connectivity index (χ0n) is 7.89. The maximum Gasteiger partial charge on any atom is 0.469 e. The maximum atomic E-state index is 9.85. The largest absolute Gasteiger partial charge is 0.469 e. The molecule has 0 aliphatic rings. The quantitative estimate of drug-likeness (QED) is 0.422. The number of phosphoric ester groups is 1. The lowest BCUT2D eigenvalue weighted by atomic mass is 10.7. The third-order valence-electron chi connectivity index (χ3n) is 0.727.